The number of hydrogen-bond acceptors (Lipinski definition) is 5. The van der Waals surface area contributed by atoms with Crippen molar-refractivity contribution >= 4 is 18.0 Å². The maximum Gasteiger partial charge on any atom is 2.00 e. The number of carbonyl (C=O) groups is 3. The number of nitrogens with one attached hydrogen (secondary N) is 1. The summed E-state index contributed by atoms with van der Waals surface area (Å²) in [5.74, 6) is 0.815. The number of amides is 1. The van der Waals surface area contributed by atoms with E-state index in [1.54, 1.807) is 0 Å². The largest absolute Gasteiger partial charge is 2.00 e. The predicted octanol–water partition coefficient (Wildman–Crippen LogP) is 5.51. The summed E-state index contributed by atoms with van der Waals surface area (Å²) in [5, 5.41) is 11.7. The molecule has 4 aliphatic rings. The van der Waals surface area contributed by atoms with Crippen LogP contribution in [0.5, 0.6) is 0 Å². The van der Waals surface area contributed by atoms with Crippen LogP contribution in [0.2, 0.25) is 0 Å². The Labute approximate surface area is 259 Å². The van der Waals surface area contributed by atoms with Crippen molar-refractivity contribution in [1.29, 1.82) is 0 Å². The maximum absolute atomic E-state index is 12.8. The van der Waals surface area contributed by atoms with Crippen LogP contribution in [0.25, 0.3) is 11.1 Å². The smallest absolute Gasteiger partial charge is 0.481 e. The number of aliphatic carboxylic acids is 1. The fraction of sp³-hybridized carbons (Fsp3) is 0.265. The SMILES string of the molecule is O=C(O)CCC(=O)OCC[C@@H]1C[C@@H](NC(=O)OCC2c3ccccc3-c3ccccc32)[C]2[CH][CH][CH][C]21.[CH]1[CH][CH][CH][CH]1.[Fe+2]. The number of carbonyl (C=O) groups excluding carboxylic acids is 2. The summed E-state index contributed by atoms with van der Waals surface area (Å²) < 4.78 is 10.9. The molecule has 7 nitrogen and oxygen atoms in total. The molecule has 1 amide bonds. The molecular weight excluding hydrogens is 574 g/mol. The molecule has 2 aromatic carbocycles. The number of carboxylic acids is 1. The van der Waals surface area contributed by atoms with Crippen molar-refractivity contribution in [3.8, 4) is 11.1 Å². The van der Waals surface area contributed by atoms with Crippen molar-refractivity contribution in [2.45, 2.75) is 37.6 Å². The molecule has 0 spiro atoms. The van der Waals surface area contributed by atoms with E-state index in [1.807, 2.05) is 75.6 Å². The Balaban J connectivity index is 0.000000612. The number of hydrogen-bond donors (Lipinski definition) is 2. The first-order chi connectivity index (χ1) is 20.0. The molecule has 0 aliphatic heterocycles. The normalized spacial score (nSPS) is 20.9. The number of fused-ring (bicyclic) bond motifs is 4. The molecule has 0 aromatic heterocycles. The Hall–Kier alpha value is -2.83. The van der Waals surface area contributed by atoms with Crippen LogP contribution < -0.4 is 5.32 Å². The quantitative estimate of drug-likeness (QED) is 0.288. The Morgan fingerprint density at radius 1 is 0.786 bits per heavy atom. The molecule has 216 valence electrons. The third kappa shape index (κ3) is 7.96. The second kappa shape index (κ2) is 15.6. The molecule has 8 heteroatoms. The zero-order chi connectivity index (χ0) is 28.6. The van der Waals surface area contributed by atoms with E-state index in [2.05, 4.69) is 29.6 Å². The average Bonchev–Trinajstić information content (AvgIpc) is 3.78. The van der Waals surface area contributed by atoms with E-state index < -0.39 is 18.0 Å². The minimum atomic E-state index is -1.02. The van der Waals surface area contributed by atoms with Crippen LogP contribution in [0.15, 0.2) is 48.5 Å². The molecule has 2 aromatic rings. The van der Waals surface area contributed by atoms with Gasteiger partial charge in [-0.1, -0.05) is 48.5 Å². The molecule has 6 rings (SSSR count). The van der Waals surface area contributed by atoms with Crippen LogP contribution in [-0.2, 0) is 36.1 Å². The predicted molar refractivity (Wildman–Crippen MR) is 153 cm³/mol. The van der Waals surface area contributed by atoms with Crippen molar-refractivity contribution in [1.82, 2.24) is 5.32 Å². The fourth-order valence-electron chi connectivity index (χ4n) is 5.78. The Morgan fingerprint density at radius 2 is 1.38 bits per heavy atom. The molecule has 0 heterocycles. The van der Waals surface area contributed by atoms with Crippen LogP contribution in [-0.4, -0.2) is 42.4 Å². The molecule has 0 saturated heterocycles. The number of ether oxygens (including phenoxy) is 2. The van der Waals surface area contributed by atoms with Gasteiger partial charge in [-0.2, -0.15) is 0 Å². The van der Waals surface area contributed by atoms with E-state index in [-0.39, 0.29) is 61.0 Å². The van der Waals surface area contributed by atoms with Gasteiger partial charge in [0.2, 0.25) is 0 Å². The Morgan fingerprint density at radius 3 is 2.00 bits per heavy atom. The first kappa shape index (κ1) is 32.1. The van der Waals surface area contributed by atoms with E-state index in [0.717, 1.165) is 11.8 Å². The number of carboxylic acid groups (broad SMARTS) is 1. The van der Waals surface area contributed by atoms with Gasteiger partial charge in [0, 0.05) is 17.9 Å². The van der Waals surface area contributed by atoms with Gasteiger partial charge in [-0.25, -0.2) is 4.79 Å². The summed E-state index contributed by atoms with van der Waals surface area (Å²) in [4.78, 5) is 35.1. The molecule has 2 atom stereocenters. The van der Waals surface area contributed by atoms with Crippen LogP contribution >= 0.6 is 0 Å². The van der Waals surface area contributed by atoms with E-state index >= 15 is 0 Å². The molecule has 3 fully saturated rings. The minimum absolute atomic E-state index is 0. The molecule has 3 saturated carbocycles. The van der Waals surface area contributed by atoms with E-state index in [4.69, 9.17) is 14.6 Å². The van der Waals surface area contributed by atoms with Crippen LogP contribution in [0.1, 0.15) is 42.7 Å². The van der Waals surface area contributed by atoms with Crippen LogP contribution in [0, 0.1) is 69.1 Å². The summed E-state index contributed by atoms with van der Waals surface area (Å²) >= 11 is 0. The molecule has 42 heavy (non-hydrogen) atoms. The van der Waals surface area contributed by atoms with Gasteiger partial charge in [0.05, 0.1) is 19.4 Å². The summed E-state index contributed by atoms with van der Waals surface area (Å²) in [6.07, 6.45) is 16.5. The summed E-state index contributed by atoms with van der Waals surface area (Å²) in [5.41, 5.74) is 4.71. The van der Waals surface area contributed by atoms with Crippen molar-refractivity contribution in [2.24, 2.45) is 5.92 Å². The molecule has 0 unspecified atom stereocenters. The van der Waals surface area contributed by atoms with E-state index in [0.29, 0.717) is 12.8 Å². The van der Waals surface area contributed by atoms with Crippen molar-refractivity contribution in [2.75, 3.05) is 13.2 Å². The monoisotopic (exact) mass is 607 g/mol. The van der Waals surface area contributed by atoms with E-state index in [1.165, 1.54) is 22.3 Å². The Bertz CT molecular complexity index is 1160. The van der Waals surface area contributed by atoms with Crippen LogP contribution in [0.3, 0.4) is 0 Å². The standard InChI is InChI=1S/C29H28NO6.C5H5.Fe/c31-27(32)12-13-28(33)35-15-14-18-16-26(24-11-5-10-19(18)24)30-29(34)36-17-25-22-8-3-1-6-20(22)21-7-2-4-9-23(21)25;1-2-4-5-3-1;/h1-11,18,25-26H,12-17H2,(H,30,34)(H,31,32);1-5H;/q;;+2/t18-,26-;;/m1../s1. The summed E-state index contributed by atoms with van der Waals surface area (Å²) in [6, 6.07) is 16.3. The van der Waals surface area contributed by atoms with Crippen molar-refractivity contribution in [3.63, 3.8) is 0 Å². The van der Waals surface area contributed by atoms with Gasteiger partial charge in [0.15, 0.2) is 0 Å². The summed E-state index contributed by atoms with van der Waals surface area (Å²) in [6.45, 7) is 0.474. The van der Waals surface area contributed by atoms with Gasteiger partial charge >= 0.3 is 35.1 Å². The van der Waals surface area contributed by atoms with Crippen molar-refractivity contribution in [3.05, 3.63) is 123 Å². The molecule has 0 bridgehead atoms. The molecule has 10 radical (unpaired) electrons. The maximum atomic E-state index is 12.8. The van der Waals surface area contributed by atoms with E-state index in [9.17, 15) is 14.4 Å². The van der Waals surface area contributed by atoms with Crippen LogP contribution in [0.4, 0.5) is 4.79 Å². The third-order valence-electron chi connectivity index (χ3n) is 7.68. The summed E-state index contributed by atoms with van der Waals surface area (Å²) in [7, 11) is 0. The third-order valence-corrected chi connectivity index (χ3v) is 7.68. The molecular formula is C34H33FeNO6+2. The molecule has 4 aliphatic carbocycles. The van der Waals surface area contributed by atoms with Gasteiger partial charge < -0.3 is 19.9 Å². The number of benzene rings is 2. The zero-order valence-electron chi connectivity index (χ0n) is 23.1. The second-order valence-electron chi connectivity index (χ2n) is 10.3. The zero-order valence-corrected chi connectivity index (χ0v) is 24.2. The fourth-order valence-corrected chi connectivity index (χ4v) is 5.78. The first-order valence-electron chi connectivity index (χ1n) is 13.9. The number of alkyl carbamates (subject to hydrolysis) is 1. The first-order valence-corrected chi connectivity index (χ1v) is 13.9. The average molecular weight is 607 g/mol. The number of esters is 1. The van der Waals surface area contributed by atoms with Gasteiger partial charge in [-0.15, -0.1) is 0 Å². The van der Waals surface area contributed by atoms with Gasteiger partial charge in [0.25, 0.3) is 0 Å². The van der Waals surface area contributed by atoms with Crippen molar-refractivity contribution < 1.29 is 46.0 Å². The second-order valence-corrected chi connectivity index (χ2v) is 10.3. The van der Waals surface area contributed by atoms with Gasteiger partial charge in [-0.3, -0.25) is 9.59 Å². The topological polar surface area (TPSA) is 102 Å². The Kier molecular flexibility index (Phi) is 11.9. The number of rotatable bonds is 9. The van der Waals surface area contributed by atoms with Gasteiger partial charge in [-0.05, 0) is 98.3 Å². The van der Waals surface area contributed by atoms with Gasteiger partial charge in [0.1, 0.15) is 6.61 Å². The minimum Gasteiger partial charge on any atom is -0.481 e. The molecule has 2 N–H and O–H groups in total.